The summed E-state index contributed by atoms with van der Waals surface area (Å²) >= 11 is 1.73. The molecular weight excluding hydrogens is 170 g/mol. The zero-order valence-electron chi connectivity index (χ0n) is 6.62. The number of thiophene rings is 1. The van der Waals surface area contributed by atoms with E-state index in [9.17, 15) is 4.79 Å². The van der Waals surface area contributed by atoms with Crippen LogP contribution in [0.1, 0.15) is 34.1 Å². The second-order valence-electron chi connectivity index (χ2n) is 3.36. The topological polar surface area (TPSA) is 20.3 Å². The van der Waals surface area contributed by atoms with Gasteiger partial charge in [-0.15, -0.1) is 11.3 Å². The monoisotopic (exact) mass is 179 g/mol. The van der Waals surface area contributed by atoms with Crippen LogP contribution in [0.25, 0.3) is 0 Å². The lowest BCUT2D eigenvalue weighted by Crippen LogP contribution is -2.22. The van der Waals surface area contributed by atoms with E-state index in [1.54, 1.807) is 11.3 Å². The minimum Gasteiger partial charge on any atom is -0.331 e. The van der Waals surface area contributed by atoms with Gasteiger partial charge in [0.25, 0.3) is 5.91 Å². The predicted molar refractivity (Wildman–Crippen MR) is 47.3 cm³/mol. The molecule has 0 spiro atoms. The molecule has 1 fully saturated rings. The number of rotatable bonds is 0. The minimum atomic E-state index is 0.258. The maximum Gasteiger partial charge on any atom is 0.255 e. The number of fused-ring (bicyclic) bond motifs is 3. The van der Waals surface area contributed by atoms with E-state index < -0.39 is 0 Å². The average Bonchev–Trinajstić information content (AvgIpc) is 2.72. The normalized spacial score (nSPS) is 26.2. The summed E-state index contributed by atoms with van der Waals surface area (Å²) in [6.07, 6.45) is 2.34. The van der Waals surface area contributed by atoms with Gasteiger partial charge in [-0.3, -0.25) is 4.79 Å². The summed E-state index contributed by atoms with van der Waals surface area (Å²) < 4.78 is 0. The lowest BCUT2D eigenvalue weighted by Gasteiger charge is -2.14. The van der Waals surface area contributed by atoms with Gasteiger partial charge in [-0.05, 0) is 24.3 Å². The first kappa shape index (κ1) is 6.66. The predicted octanol–water partition coefficient (Wildman–Crippen LogP) is 2.04. The van der Waals surface area contributed by atoms with Crippen molar-refractivity contribution >= 4 is 17.2 Å². The molecule has 0 bridgehead atoms. The molecule has 1 atom stereocenters. The van der Waals surface area contributed by atoms with Gasteiger partial charge >= 0.3 is 0 Å². The zero-order valence-corrected chi connectivity index (χ0v) is 7.43. The molecular formula is C9H9NOS. The molecule has 12 heavy (non-hydrogen) atoms. The molecule has 0 N–H and O–H groups in total. The fourth-order valence-corrected chi connectivity index (χ4v) is 3.23. The summed E-state index contributed by atoms with van der Waals surface area (Å²) in [5.41, 5.74) is 0.963. The molecule has 1 aromatic rings. The Labute approximate surface area is 74.8 Å². The van der Waals surface area contributed by atoms with Crippen LogP contribution in [-0.4, -0.2) is 17.4 Å². The van der Waals surface area contributed by atoms with E-state index in [0.29, 0.717) is 6.04 Å². The van der Waals surface area contributed by atoms with Crippen LogP contribution in [0.4, 0.5) is 0 Å². The molecule has 1 amide bonds. The summed E-state index contributed by atoms with van der Waals surface area (Å²) in [5, 5.41) is 2.03. The van der Waals surface area contributed by atoms with Gasteiger partial charge in [-0.2, -0.15) is 0 Å². The third-order valence-electron chi connectivity index (χ3n) is 2.74. The summed E-state index contributed by atoms with van der Waals surface area (Å²) in [6, 6.07) is 2.40. The van der Waals surface area contributed by atoms with Crippen LogP contribution in [0.15, 0.2) is 11.4 Å². The van der Waals surface area contributed by atoms with Crippen LogP contribution in [-0.2, 0) is 0 Å². The van der Waals surface area contributed by atoms with E-state index in [-0.39, 0.29) is 5.91 Å². The molecule has 0 radical (unpaired) electrons. The maximum atomic E-state index is 11.7. The molecule has 0 saturated carbocycles. The standard InChI is InChI=1S/C9H9NOS/c11-9-6-3-5-12-8(6)7-2-1-4-10(7)9/h3,5,7H,1-2,4H2. The van der Waals surface area contributed by atoms with Crippen molar-refractivity contribution in [2.24, 2.45) is 0 Å². The minimum absolute atomic E-state index is 0.258. The summed E-state index contributed by atoms with van der Waals surface area (Å²) in [6.45, 7) is 0.963. The Morgan fingerprint density at radius 1 is 1.58 bits per heavy atom. The highest BCUT2D eigenvalue weighted by Gasteiger charge is 2.40. The fraction of sp³-hybridized carbons (Fsp3) is 0.444. The van der Waals surface area contributed by atoms with Crippen molar-refractivity contribution in [2.75, 3.05) is 6.54 Å². The van der Waals surface area contributed by atoms with Crippen molar-refractivity contribution in [3.63, 3.8) is 0 Å². The van der Waals surface area contributed by atoms with Gasteiger partial charge in [0.2, 0.25) is 0 Å². The van der Waals surface area contributed by atoms with Crippen LogP contribution < -0.4 is 0 Å². The maximum absolute atomic E-state index is 11.7. The number of hydrogen-bond acceptors (Lipinski definition) is 2. The molecule has 2 aliphatic heterocycles. The Morgan fingerprint density at radius 2 is 2.50 bits per heavy atom. The smallest absolute Gasteiger partial charge is 0.255 e. The molecule has 0 aromatic carbocycles. The SMILES string of the molecule is O=C1c2ccsc2C2CCCN12. The van der Waals surface area contributed by atoms with E-state index in [1.165, 1.54) is 17.7 Å². The highest BCUT2D eigenvalue weighted by molar-refractivity contribution is 7.10. The highest BCUT2D eigenvalue weighted by Crippen LogP contribution is 2.43. The van der Waals surface area contributed by atoms with E-state index in [0.717, 1.165) is 12.1 Å². The number of nitrogens with zero attached hydrogens (tertiary/aromatic N) is 1. The van der Waals surface area contributed by atoms with Crippen molar-refractivity contribution in [3.05, 3.63) is 21.9 Å². The average molecular weight is 179 g/mol. The Bertz CT molecular complexity index is 344. The Morgan fingerprint density at radius 3 is 3.42 bits per heavy atom. The lowest BCUT2D eigenvalue weighted by molar-refractivity contribution is 0.0776. The van der Waals surface area contributed by atoms with Gasteiger partial charge in [-0.1, -0.05) is 0 Å². The number of carbonyl (C=O) groups excluding carboxylic acids is 1. The van der Waals surface area contributed by atoms with Crippen molar-refractivity contribution in [1.29, 1.82) is 0 Å². The van der Waals surface area contributed by atoms with Crippen LogP contribution in [0, 0.1) is 0 Å². The van der Waals surface area contributed by atoms with Crippen LogP contribution in [0.5, 0.6) is 0 Å². The summed E-state index contributed by atoms with van der Waals surface area (Å²) in [4.78, 5) is 15.0. The van der Waals surface area contributed by atoms with Crippen LogP contribution in [0.3, 0.4) is 0 Å². The number of amides is 1. The molecule has 3 heterocycles. The Kier molecular flexibility index (Phi) is 1.17. The highest BCUT2D eigenvalue weighted by atomic mass is 32.1. The van der Waals surface area contributed by atoms with Crippen LogP contribution >= 0.6 is 11.3 Å². The Balaban J connectivity index is 2.17. The second-order valence-corrected chi connectivity index (χ2v) is 4.30. The molecule has 0 aliphatic carbocycles. The largest absolute Gasteiger partial charge is 0.331 e. The quantitative estimate of drug-likeness (QED) is 0.596. The van der Waals surface area contributed by atoms with E-state index in [4.69, 9.17) is 0 Å². The molecule has 2 nitrogen and oxygen atoms in total. The first-order valence-electron chi connectivity index (χ1n) is 4.26. The zero-order chi connectivity index (χ0) is 8.13. The molecule has 1 aromatic heterocycles. The second kappa shape index (κ2) is 2.10. The van der Waals surface area contributed by atoms with E-state index in [1.807, 2.05) is 16.3 Å². The first-order chi connectivity index (χ1) is 5.88. The van der Waals surface area contributed by atoms with Crippen molar-refractivity contribution < 1.29 is 4.79 Å². The third-order valence-corrected chi connectivity index (χ3v) is 3.76. The summed E-state index contributed by atoms with van der Waals surface area (Å²) in [7, 11) is 0. The number of carbonyl (C=O) groups is 1. The van der Waals surface area contributed by atoms with E-state index in [2.05, 4.69) is 0 Å². The van der Waals surface area contributed by atoms with Gasteiger partial charge < -0.3 is 4.90 Å². The number of hydrogen-bond donors (Lipinski definition) is 0. The fourth-order valence-electron chi connectivity index (χ4n) is 2.19. The third kappa shape index (κ3) is 0.630. The van der Waals surface area contributed by atoms with Crippen molar-refractivity contribution in [2.45, 2.75) is 18.9 Å². The van der Waals surface area contributed by atoms with Crippen LogP contribution in [0.2, 0.25) is 0 Å². The molecule has 62 valence electrons. The lowest BCUT2D eigenvalue weighted by atomic mass is 10.2. The van der Waals surface area contributed by atoms with Gasteiger partial charge in [0.1, 0.15) is 0 Å². The molecule has 2 aliphatic rings. The van der Waals surface area contributed by atoms with Gasteiger partial charge in [0.05, 0.1) is 11.6 Å². The summed E-state index contributed by atoms with van der Waals surface area (Å²) in [5.74, 6) is 0.258. The Hall–Kier alpha value is -0.830. The van der Waals surface area contributed by atoms with Gasteiger partial charge in [-0.25, -0.2) is 0 Å². The van der Waals surface area contributed by atoms with Gasteiger partial charge in [0, 0.05) is 11.4 Å². The van der Waals surface area contributed by atoms with Gasteiger partial charge in [0.15, 0.2) is 0 Å². The molecule has 3 heteroatoms. The molecule has 1 saturated heterocycles. The van der Waals surface area contributed by atoms with Crippen molar-refractivity contribution in [1.82, 2.24) is 4.90 Å². The molecule has 3 rings (SSSR count). The molecule has 1 unspecified atom stereocenters. The first-order valence-corrected chi connectivity index (χ1v) is 5.14. The van der Waals surface area contributed by atoms with Crippen molar-refractivity contribution in [3.8, 4) is 0 Å². The van der Waals surface area contributed by atoms with E-state index >= 15 is 0 Å².